The third-order valence-electron chi connectivity index (χ3n) is 2.43. The molecule has 5 heteroatoms. The zero-order valence-electron chi connectivity index (χ0n) is 10.1. The molecule has 0 heterocycles. The van der Waals surface area contributed by atoms with Crippen LogP contribution in [0, 0.1) is 0 Å². The number of hydrogen-bond acceptors (Lipinski definition) is 5. The van der Waals surface area contributed by atoms with Crippen molar-refractivity contribution in [3.63, 3.8) is 0 Å². The second-order valence-electron chi connectivity index (χ2n) is 3.59. The molecule has 0 radical (unpaired) electrons. The maximum Gasteiger partial charge on any atom is 0.161 e. The fourth-order valence-electron chi connectivity index (χ4n) is 1.50. The van der Waals surface area contributed by atoms with Crippen LogP contribution in [0.25, 0.3) is 0 Å². The van der Waals surface area contributed by atoms with Gasteiger partial charge in [0.25, 0.3) is 0 Å². The minimum atomic E-state index is -1.02. The fraction of sp³-hybridized carbons (Fsp3) is 0.500. The molecular weight excluding hydrogens is 222 g/mol. The van der Waals surface area contributed by atoms with Gasteiger partial charge in [-0.25, -0.2) is 0 Å². The summed E-state index contributed by atoms with van der Waals surface area (Å²) in [7, 11) is 1.54. The van der Waals surface area contributed by atoms with Crippen LogP contribution in [0.3, 0.4) is 0 Å². The Morgan fingerprint density at radius 2 is 2.00 bits per heavy atom. The van der Waals surface area contributed by atoms with Crippen molar-refractivity contribution in [3.8, 4) is 11.5 Å². The number of rotatable bonds is 6. The van der Waals surface area contributed by atoms with E-state index in [0.717, 1.165) is 0 Å². The summed E-state index contributed by atoms with van der Waals surface area (Å²) in [5.74, 6) is 1.13. The van der Waals surface area contributed by atoms with Gasteiger partial charge in [0.15, 0.2) is 11.5 Å². The summed E-state index contributed by atoms with van der Waals surface area (Å²) in [6.07, 6.45) is -2.01. The SMILES string of the molecule is CCOc1cc(C(O)C(O)CN)ccc1OC. The van der Waals surface area contributed by atoms with Crippen LogP contribution in [0.5, 0.6) is 11.5 Å². The van der Waals surface area contributed by atoms with Crippen molar-refractivity contribution >= 4 is 0 Å². The van der Waals surface area contributed by atoms with E-state index >= 15 is 0 Å². The van der Waals surface area contributed by atoms with Crippen molar-refractivity contribution < 1.29 is 19.7 Å². The summed E-state index contributed by atoms with van der Waals surface area (Å²) in [6.45, 7) is 2.35. The summed E-state index contributed by atoms with van der Waals surface area (Å²) < 4.78 is 10.5. The second-order valence-corrected chi connectivity index (χ2v) is 3.59. The van der Waals surface area contributed by atoms with E-state index in [1.165, 1.54) is 0 Å². The van der Waals surface area contributed by atoms with Gasteiger partial charge in [-0.2, -0.15) is 0 Å². The molecule has 96 valence electrons. The highest BCUT2D eigenvalue weighted by Gasteiger charge is 2.18. The first kappa shape index (κ1) is 13.8. The zero-order chi connectivity index (χ0) is 12.8. The maximum absolute atomic E-state index is 9.82. The molecule has 0 amide bonds. The molecule has 0 aliphatic heterocycles. The molecule has 1 rings (SSSR count). The molecule has 0 aliphatic carbocycles. The van der Waals surface area contributed by atoms with Crippen molar-refractivity contribution in [1.82, 2.24) is 0 Å². The Labute approximate surface area is 101 Å². The van der Waals surface area contributed by atoms with Gasteiger partial charge in [0, 0.05) is 6.54 Å². The van der Waals surface area contributed by atoms with Crippen molar-refractivity contribution in [2.75, 3.05) is 20.3 Å². The number of aliphatic hydroxyl groups is 2. The highest BCUT2D eigenvalue weighted by molar-refractivity contribution is 5.43. The summed E-state index contributed by atoms with van der Waals surface area (Å²) >= 11 is 0. The number of ether oxygens (including phenoxy) is 2. The number of hydrogen-bond donors (Lipinski definition) is 3. The molecule has 2 unspecified atom stereocenters. The molecule has 0 aromatic heterocycles. The first-order valence-electron chi connectivity index (χ1n) is 5.51. The van der Waals surface area contributed by atoms with Crippen molar-refractivity contribution in [2.45, 2.75) is 19.1 Å². The average molecular weight is 241 g/mol. The quantitative estimate of drug-likeness (QED) is 0.673. The number of benzene rings is 1. The minimum absolute atomic E-state index is 0.00281. The Morgan fingerprint density at radius 3 is 2.53 bits per heavy atom. The Bertz CT molecular complexity index is 356. The van der Waals surface area contributed by atoms with Gasteiger partial charge >= 0.3 is 0 Å². The molecule has 0 bridgehead atoms. The molecule has 0 aliphatic rings. The van der Waals surface area contributed by atoms with E-state index in [9.17, 15) is 10.2 Å². The predicted octanol–water partition coefficient (Wildman–Crippen LogP) is 0.447. The summed E-state index contributed by atoms with van der Waals surface area (Å²) in [5, 5.41) is 19.3. The molecule has 0 spiro atoms. The van der Waals surface area contributed by atoms with E-state index in [1.54, 1.807) is 25.3 Å². The van der Waals surface area contributed by atoms with E-state index in [1.807, 2.05) is 6.92 Å². The van der Waals surface area contributed by atoms with Gasteiger partial charge in [-0.05, 0) is 24.6 Å². The summed E-state index contributed by atoms with van der Waals surface area (Å²) in [5.41, 5.74) is 5.85. The van der Waals surface area contributed by atoms with Gasteiger partial charge in [-0.15, -0.1) is 0 Å². The molecule has 0 saturated heterocycles. The third-order valence-corrected chi connectivity index (χ3v) is 2.43. The molecule has 1 aromatic carbocycles. The van der Waals surface area contributed by atoms with Gasteiger partial charge in [-0.1, -0.05) is 6.07 Å². The Kier molecular flexibility index (Phi) is 5.21. The first-order valence-corrected chi connectivity index (χ1v) is 5.51. The van der Waals surface area contributed by atoms with E-state index in [-0.39, 0.29) is 6.54 Å². The van der Waals surface area contributed by atoms with Crippen LogP contribution >= 0.6 is 0 Å². The highest BCUT2D eigenvalue weighted by Crippen LogP contribution is 2.31. The zero-order valence-corrected chi connectivity index (χ0v) is 10.1. The summed E-state index contributed by atoms with van der Waals surface area (Å²) in [4.78, 5) is 0. The first-order chi connectivity index (χ1) is 8.13. The lowest BCUT2D eigenvalue weighted by atomic mass is 10.0. The average Bonchev–Trinajstić information content (AvgIpc) is 2.37. The predicted molar refractivity (Wildman–Crippen MR) is 64.2 cm³/mol. The fourth-order valence-corrected chi connectivity index (χ4v) is 1.50. The molecule has 4 N–H and O–H groups in total. The van der Waals surface area contributed by atoms with Crippen molar-refractivity contribution in [2.24, 2.45) is 5.73 Å². The Hall–Kier alpha value is -1.30. The number of methoxy groups -OCH3 is 1. The van der Waals surface area contributed by atoms with Crippen molar-refractivity contribution in [3.05, 3.63) is 23.8 Å². The van der Waals surface area contributed by atoms with Crippen LogP contribution < -0.4 is 15.2 Å². The number of nitrogens with two attached hydrogens (primary N) is 1. The third kappa shape index (κ3) is 3.33. The normalized spacial score (nSPS) is 14.2. The minimum Gasteiger partial charge on any atom is -0.493 e. The van der Waals surface area contributed by atoms with Crippen LogP contribution in [-0.4, -0.2) is 36.6 Å². The van der Waals surface area contributed by atoms with Gasteiger partial charge in [0.2, 0.25) is 0 Å². The Balaban J connectivity index is 2.98. The van der Waals surface area contributed by atoms with Crippen LogP contribution in [0.15, 0.2) is 18.2 Å². The van der Waals surface area contributed by atoms with Crippen LogP contribution in [0.1, 0.15) is 18.6 Å². The molecule has 0 saturated carbocycles. The lowest BCUT2D eigenvalue weighted by Gasteiger charge is -2.18. The lowest BCUT2D eigenvalue weighted by molar-refractivity contribution is 0.0242. The second kappa shape index (κ2) is 6.44. The lowest BCUT2D eigenvalue weighted by Crippen LogP contribution is -2.27. The van der Waals surface area contributed by atoms with E-state index < -0.39 is 12.2 Å². The highest BCUT2D eigenvalue weighted by atomic mass is 16.5. The molecule has 0 fully saturated rings. The van der Waals surface area contributed by atoms with Crippen LogP contribution in [-0.2, 0) is 0 Å². The van der Waals surface area contributed by atoms with E-state index in [2.05, 4.69) is 0 Å². The van der Waals surface area contributed by atoms with Gasteiger partial charge in [0.05, 0.1) is 19.8 Å². The van der Waals surface area contributed by atoms with Crippen LogP contribution in [0.2, 0.25) is 0 Å². The van der Waals surface area contributed by atoms with E-state index in [0.29, 0.717) is 23.7 Å². The van der Waals surface area contributed by atoms with Gasteiger partial charge < -0.3 is 25.4 Å². The molecule has 2 atom stereocenters. The molecule has 1 aromatic rings. The smallest absolute Gasteiger partial charge is 0.161 e. The van der Waals surface area contributed by atoms with Gasteiger partial charge in [0.1, 0.15) is 6.10 Å². The molecular formula is C12H19NO4. The van der Waals surface area contributed by atoms with E-state index in [4.69, 9.17) is 15.2 Å². The molecule has 17 heavy (non-hydrogen) atoms. The Morgan fingerprint density at radius 1 is 1.29 bits per heavy atom. The van der Waals surface area contributed by atoms with Crippen LogP contribution in [0.4, 0.5) is 0 Å². The van der Waals surface area contributed by atoms with Crippen molar-refractivity contribution in [1.29, 1.82) is 0 Å². The van der Waals surface area contributed by atoms with Gasteiger partial charge in [-0.3, -0.25) is 0 Å². The molecule has 5 nitrogen and oxygen atoms in total. The topological polar surface area (TPSA) is 84.9 Å². The number of aliphatic hydroxyl groups excluding tert-OH is 2. The monoisotopic (exact) mass is 241 g/mol. The standard InChI is InChI=1S/C12H19NO4/c1-3-17-11-6-8(4-5-10(11)16-2)12(15)9(14)7-13/h4-6,9,12,14-15H,3,7,13H2,1-2H3. The summed E-state index contributed by atoms with van der Waals surface area (Å²) in [6, 6.07) is 5.00. The largest absolute Gasteiger partial charge is 0.493 e. The maximum atomic E-state index is 9.82.